The number of pyridine rings is 1. The number of aromatic nitrogens is 1. The number of hydrogen-bond donors (Lipinski definition) is 2. The van der Waals surface area contributed by atoms with Crippen LogP contribution in [0.1, 0.15) is 30.6 Å². The molecule has 2 aromatic rings. The number of amides is 1. The average Bonchev–Trinajstić information content (AvgIpc) is 2.65. The molecule has 0 saturated heterocycles. The third-order valence-electron chi connectivity index (χ3n) is 3.74. The molecule has 1 aromatic heterocycles. The van der Waals surface area contributed by atoms with E-state index in [-0.39, 0.29) is 25.4 Å². The predicted molar refractivity (Wildman–Crippen MR) is 102 cm³/mol. The van der Waals surface area contributed by atoms with Gasteiger partial charge in [0.1, 0.15) is 11.6 Å². The number of carbonyl (C=O) groups excluding carboxylic acids is 2. The molecule has 0 bridgehead atoms. The van der Waals surface area contributed by atoms with Crippen LogP contribution in [-0.2, 0) is 9.53 Å². The van der Waals surface area contributed by atoms with Gasteiger partial charge in [-0.1, -0.05) is 0 Å². The number of nitrogens with two attached hydrogens (primary N) is 1. The number of halogens is 1. The summed E-state index contributed by atoms with van der Waals surface area (Å²) < 4.78 is 18.1. The van der Waals surface area contributed by atoms with E-state index in [0.29, 0.717) is 17.8 Å². The van der Waals surface area contributed by atoms with Crippen molar-refractivity contribution in [3.8, 4) is 0 Å². The van der Waals surface area contributed by atoms with Gasteiger partial charge in [0.25, 0.3) is 5.91 Å². The Hall–Kier alpha value is -3.16. The summed E-state index contributed by atoms with van der Waals surface area (Å²) in [7, 11) is 0. The number of anilines is 3. The smallest absolute Gasteiger partial charge is 0.307 e. The lowest BCUT2D eigenvalue weighted by molar-refractivity contribution is -0.142. The van der Waals surface area contributed by atoms with Gasteiger partial charge in [0.05, 0.1) is 30.6 Å². The summed E-state index contributed by atoms with van der Waals surface area (Å²) in [5.74, 6) is -1.11. The number of hydrogen-bond acceptors (Lipinski definition) is 6. The number of nitrogens with zero attached hydrogens (tertiary/aromatic N) is 2. The number of nitrogen functional groups attached to an aromatic ring is 1. The van der Waals surface area contributed by atoms with Crippen molar-refractivity contribution in [1.82, 2.24) is 4.98 Å². The summed E-state index contributed by atoms with van der Waals surface area (Å²) in [6.45, 7) is 4.64. The third kappa shape index (κ3) is 5.40. The van der Waals surface area contributed by atoms with Gasteiger partial charge >= 0.3 is 5.97 Å². The number of nitrogens with one attached hydrogen (secondary N) is 1. The Morgan fingerprint density at radius 2 is 2.04 bits per heavy atom. The van der Waals surface area contributed by atoms with E-state index in [1.54, 1.807) is 25.1 Å². The summed E-state index contributed by atoms with van der Waals surface area (Å²) in [6.07, 6.45) is 1.01. The van der Waals surface area contributed by atoms with Crippen LogP contribution < -0.4 is 16.0 Å². The molecule has 3 N–H and O–H groups in total. The molecule has 0 saturated carbocycles. The SMILES string of the molecule is CCNc1ccc(C(=O)N(CCC(=O)OCC)c2ccc(F)cn2)cc1N. The molecular weight excluding hydrogens is 351 g/mol. The first-order valence-corrected chi connectivity index (χ1v) is 8.68. The minimum atomic E-state index is -0.518. The summed E-state index contributed by atoms with van der Waals surface area (Å²) in [5, 5.41) is 3.10. The molecule has 0 aliphatic rings. The molecule has 0 atom stereocenters. The van der Waals surface area contributed by atoms with Gasteiger partial charge < -0.3 is 15.8 Å². The third-order valence-corrected chi connectivity index (χ3v) is 3.74. The van der Waals surface area contributed by atoms with Crippen LogP contribution in [0.25, 0.3) is 0 Å². The van der Waals surface area contributed by atoms with Crippen molar-refractivity contribution in [2.45, 2.75) is 20.3 Å². The molecule has 0 aliphatic carbocycles. The largest absolute Gasteiger partial charge is 0.466 e. The fourth-order valence-electron chi connectivity index (χ4n) is 2.49. The van der Waals surface area contributed by atoms with E-state index in [1.165, 1.54) is 17.0 Å². The first-order chi connectivity index (χ1) is 13.0. The van der Waals surface area contributed by atoms with Gasteiger partial charge in [-0.3, -0.25) is 14.5 Å². The topological polar surface area (TPSA) is 97.5 Å². The van der Waals surface area contributed by atoms with Crippen molar-refractivity contribution in [3.05, 3.63) is 47.9 Å². The zero-order valence-electron chi connectivity index (χ0n) is 15.4. The second-order valence-electron chi connectivity index (χ2n) is 5.68. The fraction of sp³-hybridized carbons (Fsp3) is 0.316. The number of benzene rings is 1. The van der Waals surface area contributed by atoms with Crippen molar-refractivity contribution in [2.75, 3.05) is 35.6 Å². The highest BCUT2D eigenvalue weighted by Gasteiger charge is 2.21. The van der Waals surface area contributed by atoms with Crippen LogP contribution >= 0.6 is 0 Å². The molecule has 0 fully saturated rings. The lowest BCUT2D eigenvalue weighted by Crippen LogP contribution is -2.34. The number of carbonyl (C=O) groups is 2. The van der Waals surface area contributed by atoms with Crippen LogP contribution in [0.5, 0.6) is 0 Å². The van der Waals surface area contributed by atoms with E-state index in [4.69, 9.17) is 10.5 Å². The molecule has 0 aliphatic heterocycles. The van der Waals surface area contributed by atoms with E-state index in [0.717, 1.165) is 11.9 Å². The zero-order valence-corrected chi connectivity index (χ0v) is 15.4. The predicted octanol–water partition coefficient (Wildman–Crippen LogP) is 2.83. The summed E-state index contributed by atoms with van der Waals surface area (Å²) in [6, 6.07) is 7.50. The van der Waals surface area contributed by atoms with Gasteiger partial charge in [0.15, 0.2) is 0 Å². The Balaban J connectivity index is 2.28. The fourth-order valence-corrected chi connectivity index (χ4v) is 2.49. The maximum Gasteiger partial charge on any atom is 0.307 e. The lowest BCUT2D eigenvalue weighted by Gasteiger charge is -2.22. The molecule has 144 valence electrons. The van der Waals surface area contributed by atoms with Crippen molar-refractivity contribution in [1.29, 1.82) is 0 Å². The molecule has 1 amide bonds. The number of esters is 1. The Kier molecular flexibility index (Phi) is 7.10. The summed E-state index contributed by atoms with van der Waals surface area (Å²) in [5.41, 5.74) is 7.49. The van der Waals surface area contributed by atoms with Crippen molar-refractivity contribution in [2.24, 2.45) is 0 Å². The van der Waals surface area contributed by atoms with E-state index >= 15 is 0 Å². The van der Waals surface area contributed by atoms with Gasteiger partial charge in [-0.05, 0) is 44.2 Å². The highest BCUT2D eigenvalue weighted by Crippen LogP contribution is 2.22. The highest BCUT2D eigenvalue weighted by atomic mass is 19.1. The number of ether oxygens (including phenoxy) is 1. The maximum atomic E-state index is 13.2. The quantitative estimate of drug-likeness (QED) is 0.545. The normalized spacial score (nSPS) is 10.3. The van der Waals surface area contributed by atoms with Crippen LogP contribution in [-0.4, -0.2) is 36.6 Å². The van der Waals surface area contributed by atoms with Crippen molar-refractivity contribution < 1.29 is 18.7 Å². The molecule has 1 aromatic carbocycles. The van der Waals surface area contributed by atoms with E-state index in [1.807, 2.05) is 6.92 Å². The molecule has 27 heavy (non-hydrogen) atoms. The minimum absolute atomic E-state index is 0.0103. The van der Waals surface area contributed by atoms with Crippen molar-refractivity contribution >= 4 is 29.1 Å². The van der Waals surface area contributed by atoms with Gasteiger partial charge in [-0.15, -0.1) is 0 Å². The van der Waals surface area contributed by atoms with Gasteiger partial charge in [-0.2, -0.15) is 0 Å². The Labute approximate surface area is 157 Å². The molecule has 2 rings (SSSR count). The molecule has 1 heterocycles. The first-order valence-electron chi connectivity index (χ1n) is 8.68. The Morgan fingerprint density at radius 1 is 1.26 bits per heavy atom. The Bertz CT molecular complexity index is 796. The summed E-state index contributed by atoms with van der Waals surface area (Å²) in [4.78, 5) is 29.9. The molecule has 8 heteroatoms. The maximum absolute atomic E-state index is 13.2. The van der Waals surface area contributed by atoms with Crippen LogP contribution in [0.3, 0.4) is 0 Å². The van der Waals surface area contributed by atoms with Crippen LogP contribution in [0.4, 0.5) is 21.6 Å². The van der Waals surface area contributed by atoms with Gasteiger partial charge in [-0.25, -0.2) is 9.37 Å². The van der Waals surface area contributed by atoms with E-state index in [2.05, 4.69) is 10.3 Å². The lowest BCUT2D eigenvalue weighted by atomic mass is 10.1. The van der Waals surface area contributed by atoms with E-state index < -0.39 is 17.7 Å². The van der Waals surface area contributed by atoms with Gasteiger partial charge in [0.2, 0.25) is 0 Å². The van der Waals surface area contributed by atoms with Gasteiger partial charge in [0, 0.05) is 18.7 Å². The number of rotatable bonds is 8. The Morgan fingerprint density at radius 3 is 2.63 bits per heavy atom. The van der Waals surface area contributed by atoms with Crippen LogP contribution in [0.2, 0.25) is 0 Å². The second kappa shape index (κ2) is 9.51. The molecule has 7 nitrogen and oxygen atoms in total. The average molecular weight is 374 g/mol. The van der Waals surface area contributed by atoms with Crippen molar-refractivity contribution in [3.63, 3.8) is 0 Å². The standard InChI is InChI=1S/C19H23FN4O3/c1-3-22-16-7-5-13(11-15(16)21)19(26)24(10-9-18(25)27-4-2)17-8-6-14(20)12-23-17/h5-8,11-12,22H,3-4,9-10,21H2,1-2H3. The molecule has 0 radical (unpaired) electrons. The molecular formula is C19H23FN4O3. The monoisotopic (exact) mass is 374 g/mol. The van der Waals surface area contributed by atoms with E-state index in [9.17, 15) is 14.0 Å². The second-order valence-corrected chi connectivity index (χ2v) is 5.68. The highest BCUT2D eigenvalue weighted by molar-refractivity contribution is 6.06. The molecule has 0 unspecified atom stereocenters. The first kappa shape index (κ1) is 20.2. The minimum Gasteiger partial charge on any atom is -0.466 e. The summed E-state index contributed by atoms with van der Waals surface area (Å²) >= 11 is 0. The zero-order chi connectivity index (χ0) is 19.8. The van der Waals surface area contributed by atoms with Crippen LogP contribution in [0, 0.1) is 5.82 Å². The molecule has 0 spiro atoms. The van der Waals surface area contributed by atoms with Crippen LogP contribution in [0.15, 0.2) is 36.5 Å².